The molecular weight excluding hydrogens is 292 g/mol. The summed E-state index contributed by atoms with van der Waals surface area (Å²) in [4.78, 5) is -0.0843. The molecule has 2 rings (SSSR count). The van der Waals surface area contributed by atoms with E-state index < -0.39 is 10.0 Å². The van der Waals surface area contributed by atoms with Gasteiger partial charge in [0.25, 0.3) is 0 Å². The van der Waals surface area contributed by atoms with E-state index in [2.05, 4.69) is 0 Å². The van der Waals surface area contributed by atoms with Crippen LogP contribution >= 0.6 is 0 Å². The van der Waals surface area contributed by atoms with Crippen molar-refractivity contribution >= 4 is 15.7 Å². The second-order valence-corrected chi connectivity index (χ2v) is 6.08. The molecule has 0 saturated heterocycles. The summed E-state index contributed by atoms with van der Waals surface area (Å²) in [7, 11) is -3.90. The summed E-state index contributed by atoms with van der Waals surface area (Å²) in [5, 5.41) is 14.4. The van der Waals surface area contributed by atoms with Crippen molar-refractivity contribution in [1.82, 2.24) is 0 Å². The molecular formula is C14H16N2O4S. The molecule has 2 aromatic rings. The number of primary sulfonamides is 1. The smallest absolute Gasteiger partial charge is 0.238 e. The first kappa shape index (κ1) is 15.3. The fourth-order valence-electron chi connectivity index (χ4n) is 1.94. The topological polar surface area (TPSA) is 116 Å². The summed E-state index contributed by atoms with van der Waals surface area (Å²) in [5.74, 6) is 0.703. The molecule has 0 spiro atoms. The van der Waals surface area contributed by atoms with Crippen LogP contribution in [0.25, 0.3) is 0 Å². The van der Waals surface area contributed by atoms with E-state index in [1.165, 1.54) is 12.1 Å². The van der Waals surface area contributed by atoms with Gasteiger partial charge in [0.15, 0.2) is 0 Å². The third-order valence-corrected chi connectivity index (χ3v) is 4.04. The van der Waals surface area contributed by atoms with E-state index in [0.29, 0.717) is 16.9 Å². The minimum absolute atomic E-state index is 0.0843. The Bertz CT molecular complexity index is 773. The number of ether oxygens (including phenoxy) is 1. The van der Waals surface area contributed by atoms with Crippen molar-refractivity contribution in [1.29, 1.82) is 0 Å². The molecule has 0 aliphatic rings. The molecule has 7 heteroatoms. The van der Waals surface area contributed by atoms with Gasteiger partial charge in [-0.05, 0) is 19.1 Å². The van der Waals surface area contributed by atoms with Gasteiger partial charge in [-0.25, -0.2) is 13.6 Å². The van der Waals surface area contributed by atoms with Crippen LogP contribution in [0.5, 0.6) is 11.5 Å². The number of hydrogen-bond acceptors (Lipinski definition) is 5. The maximum absolute atomic E-state index is 11.6. The van der Waals surface area contributed by atoms with E-state index in [1.54, 1.807) is 31.2 Å². The number of nitrogen functional groups attached to an aromatic ring is 1. The predicted octanol–water partition coefficient (Wildman–Crippen LogP) is 1.51. The summed E-state index contributed by atoms with van der Waals surface area (Å²) in [6.45, 7) is 1.38. The first-order valence-electron chi connectivity index (χ1n) is 6.12. The third-order valence-electron chi connectivity index (χ3n) is 3.00. The molecule has 0 aliphatic heterocycles. The average Bonchev–Trinajstić information content (AvgIpc) is 2.42. The largest absolute Gasteiger partial charge is 0.457 e. The number of para-hydroxylation sites is 1. The zero-order valence-electron chi connectivity index (χ0n) is 11.4. The monoisotopic (exact) mass is 308 g/mol. The Labute approximate surface area is 123 Å². The highest BCUT2D eigenvalue weighted by Gasteiger charge is 2.17. The number of rotatable bonds is 4. The van der Waals surface area contributed by atoms with Crippen molar-refractivity contribution in [2.45, 2.75) is 18.4 Å². The van der Waals surface area contributed by atoms with Gasteiger partial charge in [0, 0.05) is 22.9 Å². The number of benzene rings is 2. The lowest BCUT2D eigenvalue weighted by atomic mass is 10.2. The highest BCUT2D eigenvalue weighted by Crippen LogP contribution is 2.33. The Morgan fingerprint density at radius 1 is 1.19 bits per heavy atom. The number of aliphatic hydroxyl groups is 1. The second kappa shape index (κ2) is 5.72. The van der Waals surface area contributed by atoms with Gasteiger partial charge in [-0.1, -0.05) is 18.2 Å². The highest BCUT2D eigenvalue weighted by molar-refractivity contribution is 7.89. The van der Waals surface area contributed by atoms with E-state index in [1.807, 2.05) is 0 Å². The maximum Gasteiger partial charge on any atom is 0.238 e. The van der Waals surface area contributed by atoms with Crippen molar-refractivity contribution in [2.24, 2.45) is 5.14 Å². The van der Waals surface area contributed by atoms with Crippen molar-refractivity contribution in [3.63, 3.8) is 0 Å². The fraction of sp³-hybridized carbons (Fsp3) is 0.143. The van der Waals surface area contributed by atoms with Crippen molar-refractivity contribution in [2.75, 3.05) is 5.73 Å². The second-order valence-electron chi connectivity index (χ2n) is 4.56. The number of sulfonamides is 1. The Morgan fingerprint density at radius 3 is 2.48 bits per heavy atom. The van der Waals surface area contributed by atoms with E-state index >= 15 is 0 Å². The van der Waals surface area contributed by atoms with E-state index in [4.69, 9.17) is 15.6 Å². The molecule has 0 saturated carbocycles. The van der Waals surface area contributed by atoms with Crippen molar-refractivity contribution in [3.8, 4) is 11.5 Å². The zero-order chi connectivity index (χ0) is 15.6. The number of nitrogens with two attached hydrogens (primary N) is 2. The molecule has 6 nitrogen and oxygen atoms in total. The normalized spacial score (nSPS) is 11.4. The van der Waals surface area contributed by atoms with E-state index in [9.17, 15) is 13.5 Å². The quantitative estimate of drug-likeness (QED) is 0.740. The lowest BCUT2D eigenvalue weighted by molar-refractivity contribution is 0.276. The zero-order valence-corrected chi connectivity index (χ0v) is 12.2. The number of hydrogen-bond donors (Lipinski definition) is 3. The van der Waals surface area contributed by atoms with Crippen LogP contribution in [0.15, 0.2) is 41.3 Å². The number of anilines is 1. The molecule has 0 amide bonds. The van der Waals surface area contributed by atoms with Gasteiger partial charge >= 0.3 is 0 Å². The predicted molar refractivity (Wildman–Crippen MR) is 79.4 cm³/mol. The Hall–Kier alpha value is -2.09. The van der Waals surface area contributed by atoms with Crippen LogP contribution in [0.2, 0.25) is 0 Å². The minimum Gasteiger partial charge on any atom is -0.457 e. The van der Waals surface area contributed by atoms with Crippen LogP contribution < -0.4 is 15.6 Å². The van der Waals surface area contributed by atoms with E-state index in [0.717, 1.165) is 0 Å². The molecule has 21 heavy (non-hydrogen) atoms. The first-order valence-corrected chi connectivity index (χ1v) is 7.67. The first-order chi connectivity index (χ1) is 9.82. The van der Waals surface area contributed by atoms with Gasteiger partial charge in [0.05, 0.1) is 11.5 Å². The SMILES string of the molecule is Cc1c(Oc2ccccc2CO)cc(N)cc1S(N)(=O)=O. The van der Waals surface area contributed by atoms with Crippen LogP contribution in [0.4, 0.5) is 5.69 Å². The summed E-state index contributed by atoms with van der Waals surface area (Å²) in [5.41, 5.74) is 6.86. The molecule has 0 aromatic heterocycles. The molecule has 112 valence electrons. The Kier molecular flexibility index (Phi) is 4.17. The van der Waals surface area contributed by atoms with Crippen molar-refractivity contribution < 1.29 is 18.3 Å². The van der Waals surface area contributed by atoms with Gasteiger partial charge in [-0.15, -0.1) is 0 Å². The van der Waals surface area contributed by atoms with Crippen molar-refractivity contribution in [3.05, 3.63) is 47.5 Å². The number of aliphatic hydroxyl groups excluding tert-OH is 1. The lowest BCUT2D eigenvalue weighted by Crippen LogP contribution is -2.14. The van der Waals surface area contributed by atoms with Crippen LogP contribution in [0, 0.1) is 6.92 Å². The molecule has 0 unspecified atom stereocenters. The molecule has 0 radical (unpaired) electrons. The van der Waals surface area contributed by atoms with Gasteiger partial charge in [-0.2, -0.15) is 0 Å². The van der Waals surface area contributed by atoms with Crippen LogP contribution in [0.3, 0.4) is 0 Å². The van der Waals surface area contributed by atoms with Gasteiger partial charge < -0.3 is 15.6 Å². The van der Waals surface area contributed by atoms with Gasteiger partial charge in [0.2, 0.25) is 10.0 Å². The average molecular weight is 308 g/mol. The fourth-order valence-corrected chi connectivity index (χ4v) is 2.76. The summed E-state index contributed by atoms with van der Waals surface area (Å²) in [6.07, 6.45) is 0. The highest BCUT2D eigenvalue weighted by atomic mass is 32.2. The molecule has 0 aliphatic carbocycles. The van der Waals surface area contributed by atoms with Gasteiger partial charge in [-0.3, -0.25) is 0 Å². The molecule has 0 fully saturated rings. The van der Waals surface area contributed by atoms with Crippen LogP contribution in [-0.4, -0.2) is 13.5 Å². The lowest BCUT2D eigenvalue weighted by Gasteiger charge is -2.14. The van der Waals surface area contributed by atoms with Crippen LogP contribution in [-0.2, 0) is 16.6 Å². The molecule has 0 heterocycles. The Morgan fingerprint density at radius 2 is 1.86 bits per heavy atom. The molecule has 0 bridgehead atoms. The summed E-state index contributed by atoms with van der Waals surface area (Å²) in [6, 6.07) is 9.69. The summed E-state index contributed by atoms with van der Waals surface area (Å²) >= 11 is 0. The molecule has 2 aromatic carbocycles. The maximum atomic E-state index is 11.6. The minimum atomic E-state index is -3.90. The summed E-state index contributed by atoms with van der Waals surface area (Å²) < 4.78 is 28.8. The van der Waals surface area contributed by atoms with Gasteiger partial charge in [0.1, 0.15) is 11.5 Å². The third kappa shape index (κ3) is 3.33. The molecule has 0 atom stereocenters. The van der Waals surface area contributed by atoms with E-state index in [-0.39, 0.29) is 22.9 Å². The molecule has 5 N–H and O–H groups in total. The Balaban J connectivity index is 2.53. The van der Waals surface area contributed by atoms with Crippen LogP contribution in [0.1, 0.15) is 11.1 Å². The standard InChI is InChI=1S/C14H16N2O4S/c1-9-13(6-11(15)7-14(9)21(16,18)19)20-12-5-3-2-4-10(12)8-17/h2-7,17H,8,15H2,1H3,(H2,16,18,19).